The summed E-state index contributed by atoms with van der Waals surface area (Å²) >= 11 is 5.84. The van der Waals surface area contributed by atoms with Gasteiger partial charge in [-0.3, -0.25) is 4.79 Å². The van der Waals surface area contributed by atoms with Crippen molar-refractivity contribution in [2.75, 3.05) is 7.05 Å². The monoisotopic (exact) mass is 376 g/mol. The lowest BCUT2D eigenvalue weighted by Crippen LogP contribution is -2.27. The lowest BCUT2D eigenvalue weighted by Gasteiger charge is -2.20. The van der Waals surface area contributed by atoms with Gasteiger partial charge in [0, 0.05) is 31.1 Å². The van der Waals surface area contributed by atoms with E-state index in [1.807, 2.05) is 0 Å². The van der Waals surface area contributed by atoms with Crippen molar-refractivity contribution in [3.05, 3.63) is 46.3 Å². The normalized spacial score (nSPS) is 11.4. The SMILES string of the molecule is Cc1noc(Cl)c1CCC(=O)N(C)Cc1ccccc1OC(F)(F)F. The minimum Gasteiger partial charge on any atom is -0.405 e. The number of para-hydroxylation sites is 1. The number of benzene rings is 1. The Balaban J connectivity index is 1.99. The number of aryl methyl sites for hydroxylation is 1. The lowest BCUT2D eigenvalue weighted by molar-refractivity contribution is -0.275. The number of nitrogens with zero attached hydrogens (tertiary/aromatic N) is 2. The summed E-state index contributed by atoms with van der Waals surface area (Å²) in [5.41, 5.74) is 1.50. The average Bonchev–Trinajstić information content (AvgIpc) is 2.84. The Bertz CT molecular complexity index is 727. The molecule has 9 heteroatoms. The Labute approximate surface area is 147 Å². The smallest absolute Gasteiger partial charge is 0.405 e. The highest BCUT2D eigenvalue weighted by atomic mass is 35.5. The molecule has 0 unspecified atom stereocenters. The second-order valence-electron chi connectivity index (χ2n) is 5.43. The minimum absolute atomic E-state index is 0.0125. The molecule has 1 heterocycles. The average molecular weight is 377 g/mol. The third-order valence-corrected chi connectivity index (χ3v) is 3.85. The second-order valence-corrected chi connectivity index (χ2v) is 5.77. The van der Waals surface area contributed by atoms with Crippen molar-refractivity contribution in [3.63, 3.8) is 0 Å². The third-order valence-electron chi connectivity index (χ3n) is 3.56. The van der Waals surface area contributed by atoms with Crippen LogP contribution in [-0.4, -0.2) is 29.4 Å². The molecule has 0 aliphatic heterocycles. The topological polar surface area (TPSA) is 55.6 Å². The highest BCUT2D eigenvalue weighted by Gasteiger charge is 2.32. The fourth-order valence-electron chi connectivity index (χ4n) is 2.27. The number of aromatic nitrogens is 1. The molecule has 0 saturated carbocycles. The Morgan fingerprint density at radius 3 is 2.64 bits per heavy atom. The van der Waals surface area contributed by atoms with Gasteiger partial charge in [0.1, 0.15) is 5.75 Å². The Hall–Kier alpha value is -2.22. The largest absolute Gasteiger partial charge is 0.573 e. The summed E-state index contributed by atoms with van der Waals surface area (Å²) in [4.78, 5) is 13.6. The van der Waals surface area contributed by atoms with E-state index in [9.17, 15) is 18.0 Å². The van der Waals surface area contributed by atoms with E-state index in [2.05, 4.69) is 9.89 Å². The Kier molecular flexibility index (Phi) is 5.94. The highest BCUT2D eigenvalue weighted by molar-refractivity contribution is 6.29. The van der Waals surface area contributed by atoms with Crippen molar-refractivity contribution in [2.45, 2.75) is 32.7 Å². The van der Waals surface area contributed by atoms with E-state index < -0.39 is 6.36 Å². The van der Waals surface area contributed by atoms with Gasteiger partial charge in [0.15, 0.2) is 0 Å². The first-order valence-electron chi connectivity index (χ1n) is 7.35. The number of carbonyl (C=O) groups is 1. The maximum absolute atomic E-state index is 12.4. The number of hydrogen-bond donors (Lipinski definition) is 0. The second kappa shape index (κ2) is 7.77. The lowest BCUT2D eigenvalue weighted by atomic mass is 10.1. The number of halogens is 4. The van der Waals surface area contributed by atoms with Crippen molar-refractivity contribution >= 4 is 17.5 Å². The molecule has 1 aromatic carbocycles. The molecule has 2 rings (SSSR count). The van der Waals surface area contributed by atoms with Gasteiger partial charge in [0.2, 0.25) is 11.1 Å². The molecule has 2 aromatic rings. The van der Waals surface area contributed by atoms with Crippen LogP contribution in [0, 0.1) is 6.92 Å². The summed E-state index contributed by atoms with van der Waals surface area (Å²) in [6.07, 6.45) is -4.33. The summed E-state index contributed by atoms with van der Waals surface area (Å²) in [7, 11) is 1.51. The maximum atomic E-state index is 12.4. The summed E-state index contributed by atoms with van der Waals surface area (Å²) in [6.45, 7) is 1.70. The van der Waals surface area contributed by atoms with Gasteiger partial charge in [-0.1, -0.05) is 23.4 Å². The van der Waals surface area contributed by atoms with Crippen LogP contribution in [-0.2, 0) is 17.8 Å². The Morgan fingerprint density at radius 2 is 2.04 bits per heavy atom. The zero-order valence-electron chi connectivity index (χ0n) is 13.6. The molecule has 0 N–H and O–H groups in total. The molecule has 0 radical (unpaired) electrons. The number of carbonyl (C=O) groups excluding carboxylic acids is 1. The summed E-state index contributed by atoms with van der Waals surface area (Å²) < 4.78 is 46.1. The molecule has 0 aliphatic rings. The van der Waals surface area contributed by atoms with Crippen molar-refractivity contribution in [1.29, 1.82) is 0 Å². The van der Waals surface area contributed by atoms with Crippen molar-refractivity contribution in [1.82, 2.24) is 10.1 Å². The predicted octanol–water partition coefficient (Wildman–Crippen LogP) is 4.13. The van der Waals surface area contributed by atoms with Gasteiger partial charge in [-0.25, -0.2) is 0 Å². The van der Waals surface area contributed by atoms with Crippen molar-refractivity contribution in [3.8, 4) is 5.75 Å². The predicted molar refractivity (Wildman–Crippen MR) is 84.2 cm³/mol. The molecular formula is C16H16ClF3N2O3. The first-order chi connectivity index (χ1) is 11.7. The molecule has 0 atom stereocenters. The molecule has 136 valence electrons. The van der Waals surface area contributed by atoms with Crippen LogP contribution in [0.4, 0.5) is 13.2 Å². The maximum Gasteiger partial charge on any atom is 0.573 e. The van der Waals surface area contributed by atoms with Gasteiger partial charge < -0.3 is 14.2 Å². The zero-order valence-corrected chi connectivity index (χ0v) is 14.3. The van der Waals surface area contributed by atoms with E-state index in [1.165, 1.54) is 30.1 Å². The summed E-state index contributed by atoms with van der Waals surface area (Å²) in [5, 5.41) is 3.83. The molecule has 1 aromatic heterocycles. The number of alkyl halides is 3. The van der Waals surface area contributed by atoms with Gasteiger partial charge in [-0.05, 0) is 31.0 Å². The van der Waals surface area contributed by atoms with Crippen LogP contribution in [0.5, 0.6) is 5.75 Å². The Morgan fingerprint density at radius 1 is 1.36 bits per heavy atom. The third kappa shape index (κ3) is 5.38. The minimum atomic E-state index is -4.79. The van der Waals surface area contributed by atoms with Gasteiger partial charge in [-0.2, -0.15) is 0 Å². The van der Waals surface area contributed by atoms with Gasteiger partial charge in [0.25, 0.3) is 0 Å². The van der Waals surface area contributed by atoms with Crippen LogP contribution in [0.2, 0.25) is 5.22 Å². The molecule has 0 fully saturated rings. The molecule has 0 saturated heterocycles. The van der Waals surface area contributed by atoms with E-state index in [0.29, 0.717) is 17.7 Å². The first-order valence-corrected chi connectivity index (χ1v) is 7.73. The van der Waals surface area contributed by atoms with E-state index in [-0.39, 0.29) is 35.4 Å². The standard InChI is InChI=1S/C16H16ClF3N2O3/c1-10-12(15(17)25-21-10)7-8-14(23)22(2)9-11-5-3-4-6-13(11)24-16(18,19)20/h3-6H,7-9H2,1-2H3. The van der Waals surface area contributed by atoms with Gasteiger partial charge in [0.05, 0.1) is 5.69 Å². The molecule has 25 heavy (non-hydrogen) atoms. The van der Waals surface area contributed by atoms with Crippen LogP contribution in [0.15, 0.2) is 28.8 Å². The van der Waals surface area contributed by atoms with E-state index in [0.717, 1.165) is 0 Å². The van der Waals surface area contributed by atoms with Crippen LogP contribution in [0.3, 0.4) is 0 Å². The number of hydrogen-bond acceptors (Lipinski definition) is 4. The molecule has 0 bridgehead atoms. The molecule has 1 amide bonds. The van der Waals surface area contributed by atoms with E-state index in [4.69, 9.17) is 16.1 Å². The number of ether oxygens (including phenoxy) is 1. The number of rotatable bonds is 6. The van der Waals surface area contributed by atoms with E-state index >= 15 is 0 Å². The molecule has 0 spiro atoms. The summed E-state index contributed by atoms with van der Waals surface area (Å²) in [6, 6.07) is 5.70. The van der Waals surface area contributed by atoms with Crippen LogP contribution in [0.25, 0.3) is 0 Å². The zero-order chi connectivity index (χ0) is 18.6. The van der Waals surface area contributed by atoms with Crippen molar-refractivity contribution in [2.24, 2.45) is 0 Å². The number of amides is 1. The fraction of sp³-hybridized carbons (Fsp3) is 0.375. The van der Waals surface area contributed by atoms with Crippen LogP contribution in [0.1, 0.15) is 23.2 Å². The highest BCUT2D eigenvalue weighted by Crippen LogP contribution is 2.27. The molecule has 0 aliphatic carbocycles. The molecular weight excluding hydrogens is 361 g/mol. The quantitative estimate of drug-likeness (QED) is 0.760. The fourth-order valence-corrected chi connectivity index (χ4v) is 2.53. The first kappa shape index (κ1) is 19.1. The van der Waals surface area contributed by atoms with E-state index in [1.54, 1.807) is 13.0 Å². The van der Waals surface area contributed by atoms with Crippen LogP contribution >= 0.6 is 11.6 Å². The van der Waals surface area contributed by atoms with Gasteiger partial charge in [-0.15, -0.1) is 13.2 Å². The van der Waals surface area contributed by atoms with Gasteiger partial charge >= 0.3 is 6.36 Å². The van der Waals surface area contributed by atoms with Crippen molar-refractivity contribution < 1.29 is 27.2 Å². The van der Waals surface area contributed by atoms with Crippen LogP contribution < -0.4 is 4.74 Å². The summed E-state index contributed by atoms with van der Waals surface area (Å²) in [5.74, 6) is -0.578. The molecule has 5 nitrogen and oxygen atoms in total.